The first kappa shape index (κ1) is 16.3. The fraction of sp³-hybridized carbons (Fsp3) is 0.833. The largest absolute Gasteiger partial charge is 1.00 e. The fourth-order valence-electron chi connectivity index (χ4n) is 0.492. The summed E-state index contributed by atoms with van der Waals surface area (Å²) in [4.78, 5) is 9.77. The molecule has 0 aromatic carbocycles. The standard InChI is InChI=1S/C6H11O.Na.H2O/c1-3-4-6(2)5-7;;/h6H,3-4H2,1-2H3;;1H2/q-1;+1;/p-1. The zero-order valence-corrected chi connectivity index (χ0v) is 8.35. The monoisotopic (exact) mass is 139 g/mol. The van der Waals surface area contributed by atoms with Gasteiger partial charge in [0.2, 0.25) is 0 Å². The SMILES string of the molecule is CCCC(C)[C-]=O.[Na+].[OH-]. The molecule has 0 aliphatic carbocycles. The summed E-state index contributed by atoms with van der Waals surface area (Å²) in [5.74, 6) is 0.144. The molecule has 0 saturated carbocycles. The number of hydrogen-bond acceptors (Lipinski definition) is 2. The van der Waals surface area contributed by atoms with E-state index in [-0.39, 0.29) is 41.0 Å². The molecule has 1 unspecified atom stereocenters. The van der Waals surface area contributed by atoms with Crippen molar-refractivity contribution in [1.29, 1.82) is 0 Å². The minimum atomic E-state index is 0. The first-order chi connectivity index (χ1) is 3.31. The van der Waals surface area contributed by atoms with E-state index < -0.39 is 0 Å². The van der Waals surface area contributed by atoms with Gasteiger partial charge in [0.25, 0.3) is 0 Å². The molecule has 1 N–H and O–H groups in total. The maximum atomic E-state index is 9.77. The van der Waals surface area contributed by atoms with E-state index in [9.17, 15) is 4.79 Å². The average molecular weight is 139 g/mol. The Labute approximate surface area is 78.6 Å². The second kappa shape index (κ2) is 11.4. The molecule has 0 rings (SSSR count). The quantitative estimate of drug-likeness (QED) is 0.348. The minimum Gasteiger partial charge on any atom is -0.870 e. The molecular weight excluding hydrogens is 127 g/mol. The molecule has 0 aliphatic heterocycles. The van der Waals surface area contributed by atoms with E-state index in [1.54, 1.807) is 0 Å². The Morgan fingerprint density at radius 3 is 2.11 bits per heavy atom. The van der Waals surface area contributed by atoms with Gasteiger partial charge in [0, 0.05) is 0 Å². The Bertz CT molecular complexity index is 57.0. The van der Waals surface area contributed by atoms with E-state index in [2.05, 4.69) is 6.92 Å². The third-order valence-corrected chi connectivity index (χ3v) is 0.923. The van der Waals surface area contributed by atoms with Gasteiger partial charge >= 0.3 is 29.6 Å². The third kappa shape index (κ3) is 12.0. The molecule has 0 radical (unpaired) electrons. The Kier molecular flexibility index (Phi) is 20.7. The molecule has 2 nitrogen and oxygen atoms in total. The number of rotatable bonds is 3. The normalized spacial score (nSPS) is 10.4. The summed E-state index contributed by atoms with van der Waals surface area (Å²) in [6.45, 7) is 3.95. The van der Waals surface area contributed by atoms with Crippen LogP contribution in [-0.4, -0.2) is 11.8 Å². The Morgan fingerprint density at radius 1 is 1.56 bits per heavy atom. The first-order valence-corrected chi connectivity index (χ1v) is 2.69. The van der Waals surface area contributed by atoms with Gasteiger partial charge in [-0.3, -0.25) is 6.29 Å². The molecule has 9 heavy (non-hydrogen) atoms. The van der Waals surface area contributed by atoms with Crippen LogP contribution in [0.15, 0.2) is 0 Å². The second-order valence-corrected chi connectivity index (χ2v) is 1.81. The summed E-state index contributed by atoms with van der Waals surface area (Å²) >= 11 is 0. The van der Waals surface area contributed by atoms with Crippen LogP contribution in [0.4, 0.5) is 0 Å². The van der Waals surface area contributed by atoms with Crippen molar-refractivity contribution in [3.63, 3.8) is 0 Å². The molecule has 0 saturated heterocycles. The van der Waals surface area contributed by atoms with Crippen LogP contribution in [0.1, 0.15) is 26.7 Å². The summed E-state index contributed by atoms with van der Waals surface area (Å²) < 4.78 is 0. The molecule has 0 bridgehead atoms. The summed E-state index contributed by atoms with van der Waals surface area (Å²) in [6, 6.07) is 0. The van der Waals surface area contributed by atoms with E-state index in [1.165, 1.54) is 0 Å². The van der Waals surface area contributed by atoms with E-state index in [0.717, 1.165) is 12.8 Å². The summed E-state index contributed by atoms with van der Waals surface area (Å²) in [6.07, 6.45) is 3.97. The Hall–Kier alpha value is 0.630. The smallest absolute Gasteiger partial charge is 0.870 e. The summed E-state index contributed by atoms with van der Waals surface area (Å²) in [7, 11) is 0. The van der Waals surface area contributed by atoms with Gasteiger partial charge in [-0.15, -0.1) is 5.92 Å². The van der Waals surface area contributed by atoms with Gasteiger partial charge in [0.1, 0.15) is 0 Å². The molecule has 50 valence electrons. The van der Waals surface area contributed by atoms with Gasteiger partial charge in [-0.2, -0.15) is 0 Å². The van der Waals surface area contributed by atoms with Crippen molar-refractivity contribution in [2.24, 2.45) is 5.92 Å². The van der Waals surface area contributed by atoms with Gasteiger partial charge in [0.15, 0.2) is 0 Å². The zero-order valence-electron chi connectivity index (χ0n) is 6.35. The van der Waals surface area contributed by atoms with Crippen LogP contribution in [0.5, 0.6) is 0 Å². The third-order valence-electron chi connectivity index (χ3n) is 0.923. The predicted octanol–water partition coefficient (Wildman–Crippen LogP) is -1.64. The van der Waals surface area contributed by atoms with Gasteiger partial charge < -0.3 is 10.3 Å². The first-order valence-electron chi connectivity index (χ1n) is 2.69. The van der Waals surface area contributed by atoms with Crippen LogP contribution in [0, 0.1) is 5.92 Å². The Morgan fingerprint density at radius 2 is 2.00 bits per heavy atom. The molecular formula is C6H12NaO2-. The van der Waals surface area contributed by atoms with Crippen molar-refractivity contribution in [2.45, 2.75) is 26.7 Å². The zero-order chi connectivity index (χ0) is 5.70. The summed E-state index contributed by atoms with van der Waals surface area (Å²) in [5, 5.41) is 0. The van der Waals surface area contributed by atoms with Crippen molar-refractivity contribution in [2.75, 3.05) is 0 Å². The van der Waals surface area contributed by atoms with Gasteiger partial charge in [0.05, 0.1) is 0 Å². The van der Waals surface area contributed by atoms with Crippen LogP contribution < -0.4 is 29.6 Å². The van der Waals surface area contributed by atoms with Crippen LogP contribution in [0.2, 0.25) is 0 Å². The maximum Gasteiger partial charge on any atom is 1.00 e. The predicted molar refractivity (Wildman–Crippen MR) is 31.7 cm³/mol. The van der Waals surface area contributed by atoms with E-state index in [0.29, 0.717) is 0 Å². The second-order valence-electron chi connectivity index (χ2n) is 1.81. The molecule has 0 heterocycles. The van der Waals surface area contributed by atoms with Crippen LogP contribution >= 0.6 is 0 Å². The van der Waals surface area contributed by atoms with E-state index in [1.807, 2.05) is 13.2 Å². The molecule has 0 amide bonds. The fourth-order valence-corrected chi connectivity index (χ4v) is 0.492. The van der Waals surface area contributed by atoms with E-state index in [4.69, 9.17) is 0 Å². The average Bonchev–Trinajstić information content (AvgIpc) is 1.68. The molecule has 1 atom stereocenters. The van der Waals surface area contributed by atoms with Gasteiger partial charge in [-0.1, -0.05) is 26.7 Å². The van der Waals surface area contributed by atoms with Crippen LogP contribution in [0.25, 0.3) is 0 Å². The molecule has 0 aromatic rings. The van der Waals surface area contributed by atoms with Gasteiger partial charge in [-0.05, 0) is 0 Å². The topological polar surface area (TPSA) is 47.1 Å². The molecule has 0 aromatic heterocycles. The number of carbonyl (C=O) groups excluding carboxylic acids is 1. The van der Waals surface area contributed by atoms with E-state index >= 15 is 0 Å². The van der Waals surface area contributed by atoms with Crippen molar-refractivity contribution in [1.82, 2.24) is 0 Å². The summed E-state index contributed by atoms with van der Waals surface area (Å²) in [5.41, 5.74) is 0. The molecule has 0 aliphatic rings. The molecule has 3 heteroatoms. The minimum absolute atomic E-state index is 0. The maximum absolute atomic E-state index is 9.77. The molecule has 0 spiro atoms. The van der Waals surface area contributed by atoms with Crippen LogP contribution in [-0.2, 0) is 4.79 Å². The van der Waals surface area contributed by atoms with Crippen molar-refractivity contribution < 1.29 is 39.8 Å². The van der Waals surface area contributed by atoms with Gasteiger partial charge in [-0.25, -0.2) is 0 Å². The number of hydrogen-bond donors (Lipinski definition) is 0. The van der Waals surface area contributed by atoms with Crippen molar-refractivity contribution in [3.05, 3.63) is 0 Å². The van der Waals surface area contributed by atoms with Crippen LogP contribution in [0.3, 0.4) is 0 Å². The van der Waals surface area contributed by atoms with Crippen molar-refractivity contribution in [3.8, 4) is 0 Å². The molecule has 0 fully saturated rings. The Balaban J connectivity index is -0.000000180. The van der Waals surface area contributed by atoms with Crippen molar-refractivity contribution >= 4 is 6.29 Å².